The predicted octanol–water partition coefficient (Wildman–Crippen LogP) is 4.39. The van der Waals surface area contributed by atoms with Crippen molar-refractivity contribution in [1.82, 2.24) is 15.2 Å². The molecule has 1 heterocycles. The van der Waals surface area contributed by atoms with E-state index in [1.54, 1.807) is 54.6 Å². The van der Waals surface area contributed by atoms with Gasteiger partial charge in [0.2, 0.25) is 5.91 Å². The molecule has 0 aliphatic heterocycles. The van der Waals surface area contributed by atoms with Crippen LogP contribution in [0.15, 0.2) is 79.0 Å². The first-order chi connectivity index (χ1) is 15.3. The van der Waals surface area contributed by atoms with Crippen molar-refractivity contribution >= 4 is 11.8 Å². The molecular weight excluding hydrogens is 402 g/mol. The summed E-state index contributed by atoms with van der Waals surface area (Å²) < 4.78 is 5.22. The van der Waals surface area contributed by atoms with Crippen LogP contribution in [0.2, 0.25) is 0 Å². The number of benzene rings is 2. The van der Waals surface area contributed by atoms with Crippen molar-refractivity contribution in [3.63, 3.8) is 0 Å². The second kappa shape index (κ2) is 10.1. The number of amides is 2. The van der Waals surface area contributed by atoms with Gasteiger partial charge in [-0.15, -0.1) is 0 Å². The summed E-state index contributed by atoms with van der Waals surface area (Å²) >= 11 is 0. The zero-order chi connectivity index (χ0) is 23.1. The largest absolute Gasteiger partial charge is 0.497 e. The number of methoxy groups -OCH3 is 1. The van der Waals surface area contributed by atoms with Crippen LogP contribution >= 0.6 is 0 Å². The van der Waals surface area contributed by atoms with E-state index in [0.29, 0.717) is 17.0 Å². The zero-order valence-corrected chi connectivity index (χ0v) is 18.9. The van der Waals surface area contributed by atoms with Crippen LogP contribution in [0.5, 0.6) is 5.75 Å². The fraction of sp³-hybridized carbons (Fsp3) is 0.269. The van der Waals surface area contributed by atoms with Crippen molar-refractivity contribution < 1.29 is 14.3 Å². The summed E-state index contributed by atoms with van der Waals surface area (Å²) in [5, 5.41) is 3.02. The Hall–Kier alpha value is -3.67. The van der Waals surface area contributed by atoms with Crippen molar-refractivity contribution in [2.45, 2.75) is 38.9 Å². The minimum atomic E-state index is -0.898. The SMILES string of the molecule is COc1ccc(C(=O)N(Cc2ccccc2)C(C(=O)NC(C)(C)C)c2ccccn2)cc1. The highest BCUT2D eigenvalue weighted by atomic mass is 16.5. The Balaban J connectivity index is 2.07. The number of pyridine rings is 1. The van der Waals surface area contributed by atoms with E-state index >= 15 is 0 Å². The fourth-order valence-electron chi connectivity index (χ4n) is 3.37. The van der Waals surface area contributed by atoms with Crippen LogP contribution < -0.4 is 10.1 Å². The summed E-state index contributed by atoms with van der Waals surface area (Å²) in [5.74, 6) is 0.105. The van der Waals surface area contributed by atoms with E-state index in [1.807, 2.05) is 57.2 Å². The molecule has 0 saturated heterocycles. The lowest BCUT2D eigenvalue weighted by molar-refractivity contribution is -0.127. The van der Waals surface area contributed by atoms with Gasteiger partial charge in [-0.2, -0.15) is 0 Å². The van der Waals surface area contributed by atoms with Crippen LogP contribution in [0, 0.1) is 0 Å². The molecule has 1 aromatic heterocycles. The Labute approximate surface area is 189 Å². The molecule has 0 aliphatic carbocycles. The number of carbonyl (C=O) groups excluding carboxylic acids is 2. The Bertz CT molecular complexity index is 1030. The molecule has 1 atom stereocenters. The highest BCUT2D eigenvalue weighted by molar-refractivity contribution is 5.98. The Morgan fingerprint density at radius 2 is 1.62 bits per heavy atom. The first-order valence-corrected chi connectivity index (χ1v) is 10.5. The van der Waals surface area contributed by atoms with E-state index in [9.17, 15) is 9.59 Å². The van der Waals surface area contributed by atoms with Gasteiger partial charge in [0.15, 0.2) is 6.04 Å². The lowest BCUT2D eigenvalue weighted by atomic mass is 10.0. The third-order valence-electron chi connectivity index (χ3n) is 4.82. The molecule has 3 aromatic rings. The number of hydrogen-bond acceptors (Lipinski definition) is 4. The van der Waals surface area contributed by atoms with E-state index in [1.165, 1.54) is 0 Å². The fourth-order valence-corrected chi connectivity index (χ4v) is 3.37. The molecule has 32 heavy (non-hydrogen) atoms. The van der Waals surface area contributed by atoms with E-state index in [2.05, 4.69) is 10.3 Å². The average molecular weight is 432 g/mol. The van der Waals surface area contributed by atoms with Crippen LogP contribution in [-0.4, -0.2) is 34.3 Å². The van der Waals surface area contributed by atoms with Gasteiger partial charge in [-0.05, 0) is 62.7 Å². The lowest BCUT2D eigenvalue weighted by Crippen LogP contribution is -2.49. The van der Waals surface area contributed by atoms with Gasteiger partial charge < -0.3 is 15.0 Å². The third-order valence-corrected chi connectivity index (χ3v) is 4.82. The highest BCUT2D eigenvalue weighted by Crippen LogP contribution is 2.26. The molecule has 0 fully saturated rings. The molecule has 166 valence electrons. The summed E-state index contributed by atoms with van der Waals surface area (Å²) in [6.07, 6.45) is 1.63. The number of aromatic nitrogens is 1. The van der Waals surface area contributed by atoms with Crippen LogP contribution in [0.3, 0.4) is 0 Å². The van der Waals surface area contributed by atoms with Crippen LogP contribution in [0.1, 0.15) is 48.4 Å². The molecule has 1 N–H and O–H groups in total. The molecule has 0 radical (unpaired) electrons. The molecule has 2 amide bonds. The van der Waals surface area contributed by atoms with E-state index < -0.39 is 11.6 Å². The van der Waals surface area contributed by atoms with Gasteiger partial charge in [0.25, 0.3) is 5.91 Å². The van der Waals surface area contributed by atoms with Crippen LogP contribution in [0.4, 0.5) is 0 Å². The minimum absolute atomic E-state index is 0.254. The van der Waals surface area contributed by atoms with E-state index in [0.717, 1.165) is 5.56 Å². The number of carbonyl (C=O) groups is 2. The van der Waals surface area contributed by atoms with E-state index in [4.69, 9.17) is 4.74 Å². The molecule has 0 spiro atoms. The maximum Gasteiger partial charge on any atom is 0.255 e. The molecule has 1 unspecified atom stereocenters. The van der Waals surface area contributed by atoms with Crippen molar-refractivity contribution in [2.75, 3.05) is 7.11 Å². The lowest BCUT2D eigenvalue weighted by Gasteiger charge is -2.33. The standard InChI is InChI=1S/C26H29N3O3/c1-26(2,3)28-24(30)23(22-12-8-9-17-27-22)29(18-19-10-6-5-7-11-19)25(31)20-13-15-21(32-4)16-14-20/h5-17,23H,18H2,1-4H3,(H,28,30). The topological polar surface area (TPSA) is 71.5 Å². The summed E-state index contributed by atoms with van der Waals surface area (Å²) in [4.78, 5) is 33.2. The van der Waals surface area contributed by atoms with Crippen molar-refractivity contribution in [1.29, 1.82) is 0 Å². The highest BCUT2D eigenvalue weighted by Gasteiger charge is 2.34. The van der Waals surface area contributed by atoms with Gasteiger partial charge in [-0.3, -0.25) is 14.6 Å². The van der Waals surface area contributed by atoms with Gasteiger partial charge in [-0.1, -0.05) is 36.4 Å². The molecule has 0 saturated carbocycles. The number of nitrogens with zero attached hydrogens (tertiary/aromatic N) is 2. The second-order valence-corrected chi connectivity index (χ2v) is 8.54. The molecule has 3 rings (SSSR count). The van der Waals surface area contributed by atoms with E-state index in [-0.39, 0.29) is 18.4 Å². The third kappa shape index (κ3) is 5.94. The number of nitrogens with one attached hydrogen (secondary N) is 1. The maximum absolute atomic E-state index is 13.7. The van der Waals surface area contributed by atoms with Gasteiger partial charge in [0, 0.05) is 23.8 Å². The molecular formula is C26H29N3O3. The average Bonchev–Trinajstić information content (AvgIpc) is 2.78. The first kappa shape index (κ1) is 23.0. The number of hydrogen-bond donors (Lipinski definition) is 1. The summed E-state index contributed by atoms with van der Waals surface area (Å²) in [6.45, 7) is 5.98. The van der Waals surface area contributed by atoms with Crippen LogP contribution in [-0.2, 0) is 11.3 Å². The van der Waals surface area contributed by atoms with Gasteiger partial charge in [0.1, 0.15) is 5.75 Å². The zero-order valence-electron chi connectivity index (χ0n) is 18.9. The molecule has 6 nitrogen and oxygen atoms in total. The summed E-state index contributed by atoms with van der Waals surface area (Å²) in [6, 6.07) is 21.0. The summed E-state index contributed by atoms with van der Waals surface area (Å²) in [5.41, 5.74) is 1.42. The van der Waals surface area contributed by atoms with Crippen molar-refractivity contribution in [3.05, 3.63) is 95.8 Å². The molecule has 0 aliphatic rings. The second-order valence-electron chi connectivity index (χ2n) is 8.54. The summed E-state index contributed by atoms with van der Waals surface area (Å²) in [7, 11) is 1.58. The van der Waals surface area contributed by atoms with Crippen LogP contribution in [0.25, 0.3) is 0 Å². The van der Waals surface area contributed by atoms with Gasteiger partial charge in [0.05, 0.1) is 12.8 Å². The molecule has 6 heteroatoms. The monoisotopic (exact) mass is 431 g/mol. The number of ether oxygens (including phenoxy) is 1. The minimum Gasteiger partial charge on any atom is -0.497 e. The van der Waals surface area contributed by atoms with Gasteiger partial charge >= 0.3 is 0 Å². The molecule has 2 aromatic carbocycles. The Kier molecular flexibility index (Phi) is 7.25. The van der Waals surface area contributed by atoms with Crippen molar-refractivity contribution in [3.8, 4) is 5.75 Å². The Morgan fingerprint density at radius 3 is 2.19 bits per heavy atom. The first-order valence-electron chi connectivity index (χ1n) is 10.5. The smallest absolute Gasteiger partial charge is 0.255 e. The molecule has 0 bridgehead atoms. The number of rotatable bonds is 7. The van der Waals surface area contributed by atoms with Gasteiger partial charge in [-0.25, -0.2) is 0 Å². The predicted molar refractivity (Wildman–Crippen MR) is 124 cm³/mol. The van der Waals surface area contributed by atoms with Crippen molar-refractivity contribution in [2.24, 2.45) is 0 Å². The quantitative estimate of drug-likeness (QED) is 0.602. The Morgan fingerprint density at radius 1 is 0.969 bits per heavy atom. The maximum atomic E-state index is 13.7. The normalized spacial score (nSPS) is 12.0.